The van der Waals surface area contributed by atoms with Crippen molar-refractivity contribution in [3.63, 3.8) is 0 Å². The maximum absolute atomic E-state index is 12.5. The lowest BCUT2D eigenvalue weighted by atomic mass is 9.95. The molecule has 0 rings (SSSR count). The van der Waals surface area contributed by atoms with Crippen molar-refractivity contribution in [3.8, 4) is 0 Å². The van der Waals surface area contributed by atoms with E-state index < -0.39 is 35.9 Å². The zero-order valence-corrected chi connectivity index (χ0v) is 14.9. The van der Waals surface area contributed by atoms with Crippen LogP contribution in [0.4, 0.5) is 0 Å². The molecule has 134 valence electrons. The molecule has 0 aromatic heterocycles. The summed E-state index contributed by atoms with van der Waals surface area (Å²) in [7, 11) is 0. The Bertz CT molecular complexity index is 424. The van der Waals surface area contributed by atoms with Gasteiger partial charge in [-0.25, -0.2) is 4.79 Å². The van der Waals surface area contributed by atoms with Crippen molar-refractivity contribution in [1.82, 2.24) is 10.6 Å². The molecule has 0 aliphatic carbocycles. The van der Waals surface area contributed by atoms with Crippen LogP contribution in [0.5, 0.6) is 0 Å². The molecule has 0 saturated carbocycles. The Morgan fingerprint density at radius 3 is 1.74 bits per heavy atom. The van der Waals surface area contributed by atoms with E-state index in [1.165, 1.54) is 0 Å². The van der Waals surface area contributed by atoms with Gasteiger partial charge in [0.1, 0.15) is 12.1 Å². The second-order valence-corrected chi connectivity index (χ2v) is 6.71. The van der Waals surface area contributed by atoms with Crippen molar-refractivity contribution in [2.24, 2.45) is 23.5 Å². The summed E-state index contributed by atoms with van der Waals surface area (Å²) in [6.45, 7) is 10.8. The van der Waals surface area contributed by atoms with Crippen LogP contribution in [0.2, 0.25) is 0 Å². The number of carbonyl (C=O) groups excluding carboxylic acids is 2. The molecule has 0 aromatic carbocycles. The smallest absolute Gasteiger partial charge is 0.326 e. The number of nitrogens with one attached hydrogen (secondary N) is 2. The van der Waals surface area contributed by atoms with E-state index in [0.717, 1.165) is 0 Å². The summed E-state index contributed by atoms with van der Waals surface area (Å²) in [5.41, 5.74) is 5.81. The maximum Gasteiger partial charge on any atom is 0.326 e. The molecule has 0 bridgehead atoms. The molecule has 23 heavy (non-hydrogen) atoms. The lowest BCUT2D eigenvalue weighted by Gasteiger charge is -2.28. The first-order valence-electron chi connectivity index (χ1n) is 8.11. The number of aliphatic carboxylic acids is 1. The van der Waals surface area contributed by atoms with E-state index in [-0.39, 0.29) is 17.8 Å². The molecular weight excluding hydrogens is 298 g/mol. The van der Waals surface area contributed by atoms with Crippen LogP contribution in [-0.2, 0) is 14.4 Å². The highest BCUT2D eigenvalue weighted by Gasteiger charge is 2.32. The summed E-state index contributed by atoms with van der Waals surface area (Å²) < 4.78 is 0. The van der Waals surface area contributed by atoms with Gasteiger partial charge in [0.2, 0.25) is 11.8 Å². The van der Waals surface area contributed by atoms with Crippen molar-refractivity contribution < 1.29 is 19.5 Å². The van der Waals surface area contributed by atoms with Gasteiger partial charge in [0.25, 0.3) is 0 Å². The van der Waals surface area contributed by atoms with Crippen LogP contribution in [0.1, 0.15) is 48.0 Å². The van der Waals surface area contributed by atoms with Gasteiger partial charge in [-0.2, -0.15) is 0 Å². The van der Waals surface area contributed by atoms with Crippen LogP contribution < -0.4 is 16.4 Å². The number of carboxylic acid groups (broad SMARTS) is 1. The first-order valence-corrected chi connectivity index (χ1v) is 8.11. The van der Waals surface area contributed by atoms with Crippen LogP contribution in [0.15, 0.2) is 0 Å². The third-order valence-electron chi connectivity index (χ3n) is 4.04. The first-order chi connectivity index (χ1) is 10.5. The summed E-state index contributed by atoms with van der Waals surface area (Å²) in [4.78, 5) is 35.8. The predicted octanol–water partition coefficient (Wildman–Crippen LogP) is 0.726. The Kier molecular flexibility index (Phi) is 8.82. The van der Waals surface area contributed by atoms with Crippen molar-refractivity contribution in [2.45, 2.75) is 66.1 Å². The molecule has 0 radical (unpaired) electrons. The number of amides is 2. The van der Waals surface area contributed by atoms with Gasteiger partial charge < -0.3 is 21.5 Å². The Morgan fingerprint density at radius 1 is 0.913 bits per heavy atom. The molecule has 4 atom stereocenters. The fourth-order valence-electron chi connectivity index (χ4n) is 2.01. The SMILES string of the molecule is CC[C@H](C)[C@H](NC(=O)[C@@H](N)C(C)C)C(=O)N[C@H](C(=O)O)C(C)C. The average Bonchev–Trinajstić information content (AvgIpc) is 2.47. The van der Waals surface area contributed by atoms with Crippen LogP contribution in [-0.4, -0.2) is 41.0 Å². The molecule has 0 aliphatic rings. The van der Waals surface area contributed by atoms with Crippen LogP contribution in [0.3, 0.4) is 0 Å². The van der Waals surface area contributed by atoms with E-state index in [4.69, 9.17) is 5.73 Å². The zero-order chi connectivity index (χ0) is 18.3. The molecule has 2 amide bonds. The fourth-order valence-corrected chi connectivity index (χ4v) is 2.01. The van der Waals surface area contributed by atoms with Crippen molar-refractivity contribution in [1.29, 1.82) is 0 Å². The molecule has 7 heteroatoms. The number of carboxylic acids is 1. The summed E-state index contributed by atoms with van der Waals surface area (Å²) >= 11 is 0. The van der Waals surface area contributed by atoms with E-state index in [0.29, 0.717) is 6.42 Å². The molecule has 0 spiro atoms. The second kappa shape index (κ2) is 9.50. The van der Waals surface area contributed by atoms with Gasteiger partial charge in [0.05, 0.1) is 6.04 Å². The normalized spacial score (nSPS) is 16.6. The molecule has 0 saturated heterocycles. The number of rotatable bonds is 9. The molecule has 5 N–H and O–H groups in total. The fraction of sp³-hybridized carbons (Fsp3) is 0.812. The number of hydrogen-bond acceptors (Lipinski definition) is 4. The first kappa shape index (κ1) is 21.4. The van der Waals surface area contributed by atoms with Gasteiger partial charge in [-0.1, -0.05) is 48.0 Å². The summed E-state index contributed by atoms with van der Waals surface area (Å²) in [5.74, 6) is -2.45. The van der Waals surface area contributed by atoms with Gasteiger partial charge in [-0.05, 0) is 17.8 Å². The highest BCUT2D eigenvalue weighted by Crippen LogP contribution is 2.11. The highest BCUT2D eigenvalue weighted by atomic mass is 16.4. The number of carbonyl (C=O) groups is 3. The Balaban J connectivity index is 5.14. The third kappa shape index (κ3) is 6.56. The van der Waals surface area contributed by atoms with Gasteiger partial charge in [-0.3, -0.25) is 9.59 Å². The lowest BCUT2D eigenvalue weighted by Crippen LogP contribution is -2.58. The monoisotopic (exact) mass is 329 g/mol. The average molecular weight is 329 g/mol. The van der Waals surface area contributed by atoms with Crippen LogP contribution >= 0.6 is 0 Å². The third-order valence-corrected chi connectivity index (χ3v) is 4.04. The van der Waals surface area contributed by atoms with Crippen molar-refractivity contribution >= 4 is 17.8 Å². The minimum atomic E-state index is -1.10. The Labute approximate surface area is 138 Å². The summed E-state index contributed by atoms with van der Waals surface area (Å²) in [6.07, 6.45) is 0.661. The van der Waals surface area contributed by atoms with Gasteiger partial charge in [-0.15, -0.1) is 0 Å². The zero-order valence-electron chi connectivity index (χ0n) is 14.9. The van der Waals surface area contributed by atoms with Gasteiger partial charge in [0, 0.05) is 0 Å². The van der Waals surface area contributed by atoms with E-state index in [2.05, 4.69) is 10.6 Å². The second-order valence-electron chi connectivity index (χ2n) is 6.71. The maximum atomic E-state index is 12.5. The highest BCUT2D eigenvalue weighted by molar-refractivity contribution is 5.92. The molecule has 0 aromatic rings. The lowest BCUT2D eigenvalue weighted by molar-refractivity contribution is -0.143. The van der Waals surface area contributed by atoms with Crippen LogP contribution in [0, 0.1) is 17.8 Å². The van der Waals surface area contributed by atoms with E-state index >= 15 is 0 Å². The minimum Gasteiger partial charge on any atom is -0.480 e. The van der Waals surface area contributed by atoms with Gasteiger partial charge >= 0.3 is 5.97 Å². The van der Waals surface area contributed by atoms with E-state index in [9.17, 15) is 19.5 Å². The molecule has 7 nitrogen and oxygen atoms in total. The molecule has 0 heterocycles. The topological polar surface area (TPSA) is 122 Å². The molecular formula is C16H31N3O4. The quantitative estimate of drug-likeness (QED) is 0.497. The predicted molar refractivity (Wildman–Crippen MR) is 88.6 cm³/mol. The molecule has 0 aliphatic heterocycles. The largest absolute Gasteiger partial charge is 0.480 e. The molecule has 0 unspecified atom stereocenters. The Hall–Kier alpha value is -1.63. The number of hydrogen-bond donors (Lipinski definition) is 4. The molecule has 0 fully saturated rings. The van der Waals surface area contributed by atoms with Crippen molar-refractivity contribution in [2.75, 3.05) is 0 Å². The summed E-state index contributed by atoms with van der Waals surface area (Å²) in [5, 5.41) is 14.4. The van der Waals surface area contributed by atoms with E-state index in [1.807, 2.05) is 27.7 Å². The van der Waals surface area contributed by atoms with E-state index in [1.54, 1.807) is 13.8 Å². The summed E-state index contributed by atoms with van der Waals surface area (Å²) in [6, 6.07) is -2.52. The van der Waals surface area contributed by atoms with Crippen LogP contribution in [0.25, 0.3) is 0 Å². The van der Waals surface area contributed by atoms with Crippen molar-refractivity contribution in [3.05, 3.63) is 0 Å². The standard InChI is InChI=1S/C16H31N3O4/c1-7-10(6)13(19-14(20)11(17)8(2)3)15(21)18-12(9(4)5)16(22)23/h8-13H,7,17H2,1-6H3,(H,18,21)(H,19,20)(H,22,23)/t10-,11-,12-,13-/m0/s1. The minimum absolute atomic E-state index is 0.0573. The van der Waals surface area contributed by atoms with Gasteiger partial charge in [0.15, 0.2) is 0 Å². The number of nitrogens with two attached hydrogens (primary N) is 1. The Morgan fingerprint density at radius 2 is 1.39 bits per heavy atom.